The minimum absolute atomic E-state index is 0.348. The molecule has 0 saturated carbocycles. The number of nitrogens with zero attached hydrogens (tertiary/aromatic N) is 1. The maximum absolute atomic E-state index is 12.8. The summed E-state index contributed by atoms with van der Waals surface area (Å²) in [7, 11) is 0. The first-order valence-corrected chi connectivity index (χ1v) is 12.1. The predicted octanol–water partition coefficient (Wildman–Crippen LogP) is 3.90. The van der Waals surface area contributed by atoms with E-state index in [0.29, 0.717) is 21.9 Å². The van der Waals surface area contributed by atoms with Crippen LogP contribution >= 0.6 is 11.3 Å². The van der Waals surface area contributed by atoms with Gasteiger partial charge in [-0.15, -0.1) is 11.3 Å². The first-order valence-electron chi connectivity index (χ1n) is 11.3. The van der Waals surface area contributed by atoms with Crippen molar-refractivity contribution in [1.82, 2.24) is 5.43 Å². The lowest BCUT2D eigenvalue weighted by Gasteiger charge is -2.13. The summed E-state index contributed by atoms with van der Waals surface area (Å²) in [5.41, 5.74) is 10.7. The molecule has 1 aromatic heterocycles. The van der Waals surface area contributed by atoms with Crippen LogP contribution < -0.4 is 21.2 Å². The molecule has 9 heteroatoms. The van der Waals surface area contributed by atoms with Crippen molar-refractivity contribution >= 4 is 40.3 Å². The third-order valence-electron chi connectivity index (χ3n) is 5.63. The van der Waals surface area contributed by atoms with Crippen LogP contribution in [0.4, 0.5) is 5.00 Å². The molecule has 4 rings (SSSR count). The highest BCUT2D eigenvalue weighted by molar-refractivity contribution is 7.17. The van der Waals surface area contributed by atoms with Gasteiger partial charge in [-0.1, -0.05) is 30.3 Å². The molecule has 3 aromatic rings. The van der Waals surface area contributed by atoms with Gasteiger partial charge in [0.15, 0.2) is 6.10 Å². The normalized spacial score (nSPS) is 13.6. The zero-order chi connectivity index (χ0) is 24.8. The molecule has 3 amide bonds. The molecule has 1 aliphatic rings. The molecule has 1 aliphatic carbocycles. The van der Waals surface area contributed by atoms with Crippen molar-refractivity contribution in [2.75, 3.05) is 5.32 Å². The number of carbonyl (C=O) groups is 3. The Labute approximate surface area is 207 Å². The highest BCUT2D eigenvalue weighted by Crippen LogP contribution is 2.38. The highest BCUT2D eigenvalue weighted by Gasteiger charge is 2.25. The zero-order valence-corrected chi connectivity index (χ0v) is 20.1. The number of amides is 3. The molecular weight excluding hydrogens is 464 g/mol. The molecule has 0 aliphatic heterocycles. The molecule has 1 unspecified atom stereocenters. The van der Waals surface area contributed by atoms with Crippen molar-refractivity contribution in [2.45, 2.75) is 38.7 Å². The van der Waals surface area contributed by atoms with Crippen molar-refractivity contribution in [1.29, 1.82) is 0 Å². The van der Waals surface area contributed by atoms with Gasteiger partial charge in [0.05, 0.1) is 11.8 Å². The second kappa shape index (κ2) is 11.0. The highest BCUT2D eigenvalue weighted by atomic mass is 32.1. The average molecular weight is 491 g/mol. The number of nitrogens with two attached hydrogens (primary N) is 1. The number of primary amides is 1. The van der Waals surface area contributed by atoms with Crippen molar-refractivity contribution in [3.63, 3.8) is 0 Å². The Morgan fingerprint density at radius 2 is 1.77 bits per heavy atom. The fourth-order valence-corrected chi connectivity index (χ4v) is 5.12. The van der Waals surface area contributed by atoms with E-state index < -0.39 is 17.9 Å². The summed E-state index contributed by atoms with van der Waals surface area (Å²) in [5.74, 6) is -0.845. The molecule has 0 spiro atoms. The quantitative estimate of drug-likeness (QED) is 0.327. The van der Waals surface area contributed by atoms with Gasteiger partial charge in [-0.05, 0) is 68.0 Å². The molecule has 8 nitrogen and oxygen atoms in total. The van der Waals surface area contributed by atoms with Crippen LogP contribution in [-0.4, -0.2) is 30.0 Å². The van der Waals surface area contributed by atoms with Crippen LogP contribution in [0.25, 0.3) is 0 Å². The number of nitrogens with one attached hydrogen (secondary N) is 2. The molecule has 2 aromatic carbocycles. The SMILES string of the molecule is CC(Oc1ccc(C(=O)Nc2sc3c(c2C(N)=O)CCCC3)cc1)C(=O)NN=Cc1ccccc1. The molecule has 180 valence electrons. The van der Waals surface area contributed by atoms with E-state index in [0.717, 1.165) is 41.7 Å². The first-order chi connectivity index (χ1) is 16.9. The van der Waals surface area contributed by atoms with Crippen LogP contribution in [0, 0.1) is 0 Å². The minimum Gasteiger partial charge on any atom is -0.481 e. The Kier molecular flexibility index (Phi) is 7.57. The monoisotopic (exact) mass is 490 g/mol. The topological polar surface area (TPSA) is 123 Å². The van der Waals surface area contributed by atoms with Crippen LogP contribution in [0.1, 0.15) is 56.5 Å². The predicted molar refractivity (Wildman–Crippen MR) is 136 cm³/mol. The molecular formula is C26H26N4O4S. The number of hydrogen-bond acceptors (Lipinski definition) is 6. The Morgan fingerprint density at radius 1 is 1.06 bits per heavy atom. The zero-order valence-electron chi connectivity index (χ0n) is 19.2. The average Bonchev–Trinajstić information content (AvgIpc) is 3.23. The van der Waals surface area contributed by atoms with Crippen molar-refractivity contribution in [2.24, 2.45) is 10.8 Å². The molecule has 35 heavy (non-hydrogen) atoms. The second-order valence-corrected chi connectivity index (χ2v) is 9.27. The fraction of sp³-hybridized carbons (Fsp3) is 0.231. The van der Waals surface area contributed by atoms with E-state index in [1.807, 2.05) is 30.3 Å². The van der Waals surface area contributed by atoms with E-state index in [1.165, 1.54) is 11.3 Å². The smallest absolute Gasteiger partial charge is 0.280 e. The molecule has 4 N–H and O–H groups in total. The largest absolute Gasteiger partial charge is 0.481 e. The van der Waals surface area contributed by atoms with Crippen LogP contribution in [0.15, 0.2) is 59.7 Å². The molecule has 0 fully saturated rings. The Bertz CT molecular complexity index is 1250. The molecule has 0 radical (unpaired) electrons. The van der Waals surface area contributed by atoms with Gasteiger partial charge in [-0.2, -0.15) is 5.10 Å². The summed E-state index contributed by atoms with van der Waals surface area (Å²) in [4.78, 5) is 38.2. The number of thiophene rings is 1. The summed E-state index contributed by atoms with van der Waals surface area (Å²) in [6.07, 6.45) is 4.52. The van der Waals surface area contributed by atoms with E-state index >= 15 is 0 Å². The summed E-state index contributed by atoms with van der Waals surface area (Å²) < 4.78 is 5.66. The third kappa shape index (κ3) is 5.93. The van der Waals surface area contributed by atoms with Gasteiger partial charge in [0, 0.05) is 10.4 Å². The Morgan fingerprint density at radius 3 is 2.49 bits per heavy atom. The number of anilines is 1. The van der Waals surface area contributed by atoms with E-state index in [-0.39, 0.29) is 5.91 Å². The van der Waals surface area contributed by atoms with Crippen molar-refractivity contribution < 1.29 is 19.1 Å². The van der Waals surface area contributed by atoms with Gasteiger partial charge >= 0.3 is 0 Å². The van der Waals surface area contributed by atoms with E-state index in [4.69, 9.17) is 10.5 Å². The van der Waals surface area contributed by atoms with Gasteiger partial charge in [0.25, 0.3) is 17.7 Å². The molecule has 0 bridgehead atoms. The summed E-state index contributed by atoms with van der Waals surface area (Å²) in [6.45, 7) is 1.61. The molecule has 1 heterocycles. The van der Waals surface area contributed by atoms with Gasteiger partial charge < -0.3 is 15.8 Å². The number of benzene rings is 2. The Hall–Kier alpha value is -3.98. The molecule has 0 saturated heterocycles. The first kappa shape index (κ1) is 24.2. The van der Waals surface area contributed by atoms with Gasteiger partial charge in [0.1, 0.15) is 10.8 Å². The third-order valence-corrected chi connectivity index (χ3v) is 6.84. The standard InChI is InChI=1S/C26H26N4O4S/c1-16(24(32)30-28-15-17-7-3-2-4-8-17)34-19-13-11-18(12-14-19)25(33)29-26-22(23(27)31)20-9-5-6-10-21(20)35-26/h2-4,7-8,11-16H,5-6,9-10H2,1H3,(H2,27,31)(H,29,33)(H,30,32). The number of carbonyl (C=O) groups excluding carboxylic acids is 3. The minimum atomic E-state index is -0.793. The number of hydrazone groups is 1. The van der Waals surface area contributed by atoms with Gasteiger partial charge in [-0.25, -0.2) is 5.43 Å². The lowest BCUT2D eigenvalue weighted by atomic mass is 9.95. The maximum atomic E-state index is 12.8. The lowest BCUT2D eigenvalue weighted by Crippen LogP contribution is -2.33. The van der Waals surface area contributed by atoms with Crippen LogP contribution in [-0.2, 0) is 17.6 Å². The number of aryl methyl sites for hydroxylation is 1. The van der Waals surface area contributed by atoms with Crippen LogP contribution in [0.3, 0.4) is 0 Å². The summed E-state index contributed by atoms with van der Waals surface area (Å²) in [6, 6.07) is 15.8. The second-order valence-electron chi connectivity index (χ2n) is 8.16. The number of ether oxygens (including phenoxy) is 1. The van der Waals surface area contributed by atoms with Crippen LogP contribution in [0.5, 0.6) is 5.75 Å². The lowest BCUT2D eigenvalue weighted by molar-refractivity contribution is -0.127. The number of hydrogen-bond donors (Lipinski definition) is 3. The summed E-state index contributed by atoms with van der Waals surface area (Å²) in [5, 5.41) is 7.27. The fourth-order valence-electron chi connectivity index (χ4n) is 3.83. The maximum Gasteiger partial charge on any atom is 0.280 e. The van der Waals surface area contributed by atoms with Gasteiger partial charge in [0.2, 0.25) is 0 Å². The molecule has 1 atom stereocenters. The summed E-state index contributed by atoms with van der Waals surface area (Å²) >= 11 is 1.42. The number of fused-ring (bicyclic) bond motifs is 1. The Balaban J connectivity index is 1.35. The van der Waals surface area contributed by atoms with Crippen molar-refractivity contribution in [3.8, 4) is 5.75 Å². The van der Waals surface area contributed by atoms with Gasteiger partial charge in [-0.3, -0.25) is 14.4 Å². The van der Waals surface area contributed by atoms with E-state index in [9.17, 15) is 14.4 Å². The van der Waals surface area contributed by atoms with Crippen LogP contribution in [0.2, 0.25) is 0 Å². The van der Waals surface area contributed by atoms with Crippen molar-refractivity contribution in [3.05, 3.63) is 81.7 Å². The number of rotatable bonds is 8. The van der Waals surface area contributed by atoms with E-state index in [1.54, 1.807) is 37.4 Å². The van der Waals surface area contributed by atoms with E-state index in [2.05, 4.69) is 15.8 Å².